The van der Waals surface area contributed by atoms with Crippen molar-refractivity contribution in [3.05, 3.63) is 18.2 Å². The first kappa shape index (κ1) is 9.22. The Labute approximate surface area is 72.3 Å². The van der Waals surface area contributed by atoms with E-state index in [4.69, 9.17) is 10.5 Å². The molecule has 0 saturated heterocycles. The fraction of sp³-hybridized carbons (Fsp3) is 0.625. The summed E-state index contributed by atoms with van der Waals surface area (Å²) in [6, 6.07) is 0. The molecule has 1 rings (SSSR count). The molecule has 0 spiro atoms. The summed E-state index contributed by atoms with van der Waals surface area (Å²) in [6.07, 6.45) is 3.62. The number of rotatable bonds is 3. The van der Waals surface area contributed by atoms with E-state index >= 15 is 0 Å². The maximum Gasteiger partial charge on any atom is 0.141 e. The van der Waals surface area contributed by atoms with E-state index < -0.39 is 5.60 Å². The van der Waals surface area contributed by atoms with Crippen LogP contribution in [0.15, 0.2) is 12.4 Å². The Bertz CT molecular complexity index is 253. The molecule has 1 aromatic heterocycles. The van der Waals surface area contributed by atoms with Crippen LogP contribution >= 0.6 is 0 Å². The first-order valence-corrected chi connectivity index (χ1v) is 3.87. The molecule has 0 aliphatic heterocycles. The molecule has 0 aromatic carbocycles. The van der Waals surface area contributed by atoms with Gasteiger partial charge in [-0.2, -0.15) is 0 Å². The summed E-state index contributed by atoms with van der Waals surface area (Å²) in [5.41, 5.74) is 5.13. The summed E-state index contributed by atoms with van der Waals surface area (Å²) in [6.45, 7) is 2.35. The Balaban J connectivity index is 3.02. The van der Waals surface area contributed by atoms with Crippen molar-refractivity contribution in [2.75, 3.05) is 13.7 Å². The molecule has 68 valence electrons. The Morgan fingerprint density at radius 1 is 1.75 bits per heavy atom. The lowest BCUT2D eigenvalue weighted by molar-refractivity contribution is 0.000339. The average molecular weight is 169 g/mol. The number of imidazole rings is 1. The van der Waals surface area contributed by atoms with Crippen LogP contribution in [0.4, 0.5) is 0 Å². The summed E-state index contributed by atoms with van der Waals surface area (Å²) in [5, 5.41) is 0. The highest BCUT2D eigenvalue weighted by atomic mass is 16.5. The second-order valence-electron chi connectivity index (χ2n) is 3.00. The number of nitrogens with zero attached hydrogens (tertiary/aromatic N) is 2. The highest BCUT2D eigenvalue weighted by Crippen LogP contribution is 2.20. The molecular weight excluding hydrogens is 154 g/mol. The number of methoxy groups -OCH3 is 1. The second-order valence-corrected chi connectivity index (χ2v) is 3.00. The van der Waals surface area contributed by atoms with Gasteiger partial charge in [0.1, 0.15) is 11.4 Å². The molecule has 1 atom stereocenters. The first-order valence-electron chi connectivity index (χ1n) is 3.87. The molecule has 0 aliphatic carbocycles. The molecule has 4 heteroatoms. The minimum atomic E-state index is -0.474. The van der Waals surface area contributed by atoms with E-state index in [2.05, 4.69) is 4.98 Å². The molecule has 1 unspecified atom stereocenters. The van der Waals surface area contributed by atoms with Gasteiger partial charge in [-0.3, -0.25) is 0 Å². The molecule has 1 aromatic rings. The summed E-state index contributed by atoms with van der Waals surface area (Å²) in [5.74, 6) is 0.854. The maximum absolute atomic E-state index is 5.60. The van der Waals surface area contributed by atoms with Crippen LogP contribution in [0.25, 0.3) is 0 Å². The highest BCUT2D eigenvalue weighted by Gasteiger charge is 2.28. The van der Waals surface area contributed by atoms with E-state index in [1.54, 1.807) is 13.3 Å². The van der Waals surface area contributed by atoms with Gasteiger partial charge >= 0.3 is 0 Å². The third-order valence-corrected chi connectivity index (χ3v) is 2.13. The predicted octanol–water partition coefficient (Wildman–Crippen LogP) is 0.240. The second kappa shape index (κ2) is 3.25. The molecular formula is C8H15N3O. The lowest BCUT2D eigenvalue weighted by atomic mass is 10.1. The smallest absolute Gasteiger partial charge is 0.141 e. The Kier molecular flexibility index (Phi) is 2.49. The molecule has 0 radical (unpaired) electrons. The van der Waals surface area contributed by atoms with E-state index in [0.29, 0.717) is 6.54 Å². The minimum Gasteiger partial charge on any atom is -0.369 e. The zero-order valence-corrected chi connectivity index (χ0v) is 7.74. The van der Waals surface area contributed by atoms with Gasteiger partial charge in [0.2, 0.25) is 0 Å². The quantitative estimate of drug-likeness (QED) is 0.705. The first-order chi connectivity index (χ1) is 5.64. The zero-order chi connectivity index (χ0) is 9.19. The third kappa shape index (κ3) is 1.35. The molecule has 1 heterocycles. The van der Waals surface area contributed by atoms with Crippen LogP contribution in [-0.4, -0.2) is 23.2 Å². The lowest BCUT2D eigenvalue weighted by Gasteiger charge is -2.25. The van der Waals surface area contributed by atoms with Crippen molar-refractivity contribution in [2.24, 2.45) is 12.8 Å². The summed E-state index contributed by atoms with van der Waals surface area (Å²) < 4.78 is 7.22. The minimum absolute atomic E-state index is 0.425. The van der Waals surface area contributed by atoms with E-state index in [0.717, 1.165) is 5.82 Å². The van der Waals surface area contributed by atoms with Crippen molar-refractivity contribution in [3.63, 3.8) is 0 Å². The lowest BCUT2D eigenvalue weighted by Crippen LogP contribution is -2.36. The summed E-state index contributed by atoms with van der Waals surface area (Å²) in [4.78, 5) is 4.19. The largest absolute Gasteiger partial charge is 0.369 e. The van der Waals surface area contributed by atoms with Crippen molar-refractivity contribution in [3.8, 4) is 0 Å². The van der Waals surface area contributed by atoms with Crippen LogP contribution in [-0.2, 0) is 17.4 Å². The van der Waals surface area contributed by atoms with E-state index in [1.165, 1.54) is 0 Å². The van der Waals surface area contributed by atoms with Gasteiger partial charge < -0.3 is 15.0 Å². The van der Waals surface area contributed by atoms with Crippen LogP contribution < -0.4 is 5.73 Å². The van der Waals surface area contributed by atoms with Gasteiger partial charge in [0, 0.05) is 33.1 Å². The van der Waals surface area contributed by atoms with Crippen LogP contribution in [0.1, 0.15) is 12.7 Å². The maximum atomic E-state index is 5.60. The van der Waals surface area contributed by atoms with Crippen molar-refractivity contribution in [1.82, 2.24) is 9.55 Å². The van der Waals surface area contributed by atoms with E-state index in [1.807, 2.05) is 24.7 Å². The van der Waals surface area contributed by atoms with Gasteiger partial charge in [-0.05, 0) is 6.92 Å². The molecule has 0 saturated carbocycles. The molecule has 0 aliphatic rings. The summed E-state index contributed by atoms with van der Waals surface area (Å²) in [7, 11) is 3.57. The molecule has 0 fully saturated rings. The Hall–Kier alpha value is -0.870. The van der Waals surface area contributed by atoms with Crippen LogP contribution in [0.3, 0.4) is 0 Å². The highest BCUT2D eigenvalue weighted by molar-refractivity contribution is 5.04. The van der Waals surface area contributed by atoms with Gasteiger partial charge in [0.25, 0.3) is 0 Å². The number of hydrogen-bond acceptors (Lipinski definition) is 3. The van der Waals surface area contributed by atoms with Gasteiger partial charge in [-0.25, -0.2) is 4.98 Å². The Morgan fingerprint density at radius 3 is 2.75 bits per heavy atom. The van der Waals surface area contributed by atoms with Crippen LogP contribution in [0.5, 0.6) is 0 Å². The third-order valence-electron chi connectivity index (χ3n) is 2.13. The monoisotopic (exact) mass is 169 g/mol. The number of ether oxygens (including phenoxy) is 1. The van der Waals surface area contributed by atoms with Gasteiger partial charge in [0.05, 0.1) is 0 Å². The SMILES string of the molecule is COC(C)(CN)c1nccn1C. The van der Waals surface area contributed by atoms with Crippen molar-refractivity contribution in [2.45, 2.75) is 12.5 Å². The number of aryl methyl sites for hydroxylation is 1. The number of nitrogens with two attached hydrogens (primary N) is 1. The fourth-order valence-corrected chi connectivity index (χ4v) is 1.14. The van der Waals surface area contributed by atoms with Crippen molar-refractivity contribution < 1.29 is 4.74 Å². The van der Waals surface area contributed by atoms with Gasteiger partial charge in [-0.1, -0.05) is 0 Å². The standard InChI is InChI=1S/C8H15N3O/c1-8(6-9,12-3)7-10-4-5-11(7)2/h4-5H,6,9H2,1-3H3. The summed E-state index contributed by atoms with van der Waals surface area (Å²) >= 11 is 0. The normalized spacial score (nSPS) is 16.0. The van der Waals surface area contributed by atoms with E-state index in [9.17, 15) is 0 Å². The van der Waals surface area contributed by atoms with Crippen molar-refractivity contribution in [1.29, 1.82) is 0 Å². The van der Waals surface area contributed by atoms with E-state index in [-0.39, 0.29) is 0 Å². The topological polar surface area (TPSA) is 53.1 Å². The predicted molar refractivity (Wildman–Crippen MR) is 46.6 cm³/mol. The van der Waals surface area contributed by atoms with Gasteiger partial charge in [-0.15, -0.1) is 0 Å². The van der Waals surface area contributed by atoms with Crippen molar-refractivity contribution >= 4 is 0 Å². The molecule has 2 N–H and O–H groups in total. The number of aromatic nitrogens is 2. The van der Waals surface area contributed by atoms with Crippen LogP contribution in [0.2, 0.25) is 0 Å². The molecule has 12 heavy (non-hydrogen) atoms. The molecule has 0 amide bonds. The molecule has 4 nitrogen and oxygen atoms in total. The van der Waals surface area contributed by atoms with Gasteiger partial charge in [0.15, 0.2) is 0 Å². The number of hydrogen-bond donors (Lipinski definition) is 1. The fourth-order valence-electron chi connectivity index (χ4n) is 1.14. The zero-order valence-electron chi connectivity index (χ0n) is 7.74. The Morgan fingerprint density at radius 2 is 2.42 bits per heavy atom. The molecule has 0 bridgehead atoms. The van der Waals surface area contributed by atoms with Crippen LogP contribution in [0, 0.1) is 0 Å². The average Bonchev–Trinajstić information content (AvgIpc) is 2.51.